The number of nitrogens with one attached hydrogen (secondary N) is 1. The topological polar surface area (TPSA) is 38.3 Å². The van der Waals surface area contributed by atoms with E-state index < -0.39 is 0 Å². The van der Waals surface area contributed by atoms with Crippen LogP contribution in [0.4, 0.5) is 0 Å². The smallest absolute Gasteiger partial charge is 0.255 e. The first-order valence-corrected chi connectivity index (χ1v) is 8.53. The maximum Gasteiger partial charge on any atom is 0.255 e. The van der Waals surface area contributed by atoms with Crippen LogP contribution in [0, 0.1) is 0 Å². The number of hydrogen-bond donors (Lipinski definition) is 1. The van der Waals surface area contributed by atoms with Crippen molar-refractivity contribution in [3.63, 3.8) is 0 Å². The number of hydrogen-bond acceptors (Lipinski definition) is 3. The van der Waals surface area contributed by atoms with Crippen molar-refractivity contribution >= 4 is 17.7 Å². The lowest BCUT2D eigenvalue weighted by atomic mass is 10.1. The minimum Gasteiger partial charge on any atom is -0.496 e. The summed E-state index contributed by atoms with van der Waals surface area (Å²) in [5.74, 6) is 0.558. The van der Waals surface area contributed by atoms with Crippen molar-refractivity contribution < 1.29 is 9.53 Å². The van der Waals surface area contributed by atoms with Crippen LogP contribution < -0.4 is 10.1 Å². The van der Waals surface area contributed by atoms with E-state index in [9.17, 15) is 4.79 Å². The van der Waals surface area contributed by atoms with Crippen molar-refractivity contribution in [2.24, 2.45) is 0 Å². The number of amides is 1. The number of ether oxygens (including phenoxy) is 1. The van der Waals surface area contributed by atoms with Crippen molar-refractivity contribution in [3.05, 3.63) is 59.2 Å². The average molecular weight is 313 g/mol. The molecule has 0 saturated carbocycles. The third kappa shape index (κ3) is 2.97. The van der Waals surface area contributed by atoms with Gasteiger partial charge in [0.15, 0.2) is 0 Å². The van der Waals surface area contributed by atoms with Crippen LogP contribution in [0.1, 0.15) is 21.5 Å². The van der Waals surface area contributed by atoms with E-state index in [2.05, 4.69) is 17.4 Å². The number of carbonyl (C=O) groups excluding carboxylic acids is 1. The molecule has 0 spiro atoms. The Hall–Kier alpha value is -1.94. The van der Waals surface area contributed by atoms with Crippen LogP contribution in [0.2, 0.25) is 0 Å². The third-order valence-corrected chi connectivity index (χ3v) is 4.76. The number of fused-ring (bicyclic) bond motifs is 1. The predicted molar refractivity (Wildman–Crippen MR) is 89.9 cm³/mol. The van der Waals surface area contributed by atoms with Crippen LogP contribution >= 0.6 is 11.8 Å². The number of thioether (sulfide) groups is 1. The van der Waals surface area contributed by atoms with Gasteiger partial charge in [0, 0.05) is 10.9 Å². The molecule has 0 unspecified atom stereocenters. The summed E-state index contributed by atoms with van der Waals surface area (Å²) in [6.07, 6.45) is 3.80. The van der Waals surface area contributed by atoms with Crippen LogP contribution in [0.25, 0.3) is 0 Å². The van der Waals surface area contributed by atoms with Crippen molar-refractivity contribution in [1.82, 2.24) is 5.32 Å². The Balaban J connectivity index is 1.73. The van der Waals surface area contributed by atoms with Crippen LogP contribution in [-0.4, -0.2) is 25.3 Å². The Bertz CT molecular complexity index is 674. The van der Waals surface area contributed by atoms with Gasteiger partial charge in [0.25, 0.3) is 5.91 Å². The zero-order valence-electron chi connectivity index (χ0n) is 12.8. The van der Waals surface area contributed by atoms with E-state index in [-0.39, 0.29) is 11.9 Å². The number of benzene rings is 2. The molecule has 1 aliphatic carbocycles. The molecule has 1 aliphatic rings. The maximum atomic E-state index is 12.5. The van der Waals surface area contributed by atoms with E-state index in [4.69, 9.17) is 4.74 Å². The van der Waals surface area contributed by atoms with Crippen LogP contribution in [0.15, 0.2) is 47.4 Å². The first-order valence-electron chi connectivity index (χ1n) is 7.31. The van der Waals surface area contributed by atoms with Gasteiger partial charge in [-0.2, -0.15) is 0 Å². The molecule has 4 heteroatoms. The first kappa shape index (κ1) is 15.0. The van der Waals surface area contributed by atoms with E-state index in [1.165, 1.54) is 11.1 Å². The van der Waals surface area contributed by atoms with Crippen molar-refractivity contribution in [2.45, 2.75) is 23.8 Å². The zero-order chi connectivity index (χ0) is 15.5. The number of rotatable bonds is 4. The average Bonchev–Trinajstić information content (AvgIpc) is 2.96. The number of methoxy groups -OCH3 is 1. The van der Waals surface area contributed by atoms with Gasteiger partial charge in [-0.3, -0.25) is 4.79 Å². The highest BCUT2D eigenvalue weighted by Gasteiger charge is 2.24. The largest absolute Gasteiger partial charge is 0.496 e. The van der Waals surface area contributed by atoms with E-state index in [0.29, 0.717) is 11.3 Å². The molecule has 0 atom stereocenters. The van der Waals surface area contributed by atoms with Gasteiger partial charge in [0.05, 0.1) is 12.7 Å². The maximum absolute atomic E-state index is 12.5. The van der Waals surface area contributed by atoms with E-state index in [1.54, 1.807) is 18.9 Å². The molecule has 0 aromatic heterocycles. The molecule has 2 aromatic carbocycles. The van der Waals surface area contributed by atoms with Gasteiger partial charge in [0.2, 0.25) is 0 Å². The highest BCUT2D eigenvalue weighted by atomic mass is 32.2. The van der Waals surface area contributed by atoms with Crippen molar-refractivity contribution in [2.75, 3.05) is 13.4 Å². The molecule has 3 nitrogen and oxygen atoms in total. The predicted octanol–water partition coefficient (Wildman–Crippen LogP) is 3.31. The second kappa shape index (κ2) is 6.44. The van der Waals surface area contributed by atoms with E-state index in [1.807, 2.05) is 36.6 Å². The molecular weight excluding hydrogens is 294 g/mol. The lowest BCUT2D eigenvalue weighted by molar-refractivity contribution is 0.0935. The minimum atomic E-state index is -0.0673. The fraction of sp³-hybridized carbons (Fsp3) is 0.278. The fourth-order valence-electron chi connectivity index (χ4n) is 2.91. The Labute approximate surface area is 135 Å². The second-order valence-corrected chi connectivity index (χ2v) is 6.29. The molecule has 0 bridgehead atoms. The van der Waals surface area contributed by atoms with Gasteiger partial charge >= 0.3 is 0 Å². The molecular formula is C18H19NO2S. The van der Waals surface area contributed by atoms with Crippen molar-refractivity contribution in [1.29, 1.82) is 0 Å². The normalized spacial score (nSPS) is 13.7. The SMILES string of the molecule is COc1cc(SC)ccc1C(=O)NC1Cc2ccccc2C1. The Morgan fingerprint density at radius 1 is 1.18 bits per heavy atom. The fourth-order valence-corrected chi connectivity index (χ4v) is 3.34. The van der Waals surface area contributed by atoms with E-state index in [0.717, 1.165) is 17.7 Å². The summed E-state index contributed by atoms with van der Waals surface area (Å²) in [6.45, 7) is 0. The molecule has 2 aromatic rings. The Morgan fingerprint density at radius 3 is 2.45 bits per heavy atom. The van der Waals surface area contributed by atoms with Gasteiger partial charge in [-0.1, -0.05) is 24.3 Å². The molecule has 0 radical (unpaired) electrons. The molecule has 3 rings (SSSR count). The Kier molecular flexibility index (Phi) is 4.39. The monoisotopic (exact) mass is 313 g/mol. The van der Waals surface area contributed by atoms with Gasteiger partial charge in [-0.05, 0) is 48.4 Å². The summed E-state index contributed by atoms with van der Waals surface area (Å²) in [5, 5.41) is 3.13. The summed E-state index contributed by atoms with van der Waals surface area (Å²) in [7, 11) is 1.60. The molecule has 0 aliphatic heterocycles. The standard InChI is InChI=1S/C18H19NO2S/c1-21-17-11-15(22-2)7-8-16(17)18(20)19-14-9-12-5-3-4-6-13(12)10-14/h3-8,11,14H,9-10H2,1-2H3,(H,19,20). The summed E-state index contributed by atoms with van der Waals surface area (Å²) < 4.78 is 5.36. The molecule has 0 fully saturated rings. The first-order chi connectivity index (χ1) is 10.7. The lowest BCUT2D eigenvalue weighted by Gasteiger charge is -2.14. The summed E-state index contributed by atoms with van der Waals surface area (Å²) >= 11 is 1.63. The molecule has 0 heterocycles. The zero-order valence-corrected chi connectivity index (χ0v) is 13.6. The Morgan fingerprint density at radius 2 is 1.86 bits per heavy atom. The summed E-state index contributed by atoms with van der Waals surface area (Å²) in [5.41, 5.74) is 3.26. The van der Waals surface area contributed by atoms with Gasteiger partial charge in [0.1, 0.15) is 5.75 Å². The third-order valence-electron chi connectivity index (χ3n) is 4.04. The molecule has 1 N–H and O–H groups in total. The summed E-state index contributed by atoms with van der Waals surface area (Å²) in [4.78, 5) is 13.6. The van der Waals surface area contributed by atoms with Crippen LogP contribution in [0.3, 0.4) is 0 Å². The van der Waals surface area contributed by atoms with Crippen LogP contribution in [-0.2, 0) is 12.8 Å². The highest BCUT2D eigenvalue weighted by Crippen LogP contribution is 2.26. The summed E-state index contributed by atoms with van der Waals surface area (Å²) in [6, 6.07) is 14.2. The highest BCUT2D eigenvalue weighted by molar-refractivity contribution is 7.98. The molecule has 114 valence electrons. The van der Waals surface area contributed by atoms with Gasteiger partial charge in [-0.25, -0.2) is 0 Å². The minimum absolute atomic E-state index is 0.0673. The van der Waals surface area contributed by atoms with Gasteiger partial charge in [-0.15, -0.1) is 11.8 Å². The van der Waals surface area contributed by atoms with Crippen LogP contribution in [0.5, 0.6) is 5.75 Å². The molecule has 1 amide bonds. The lowest BCUT2D eigenvalue weighted by Crippen LogP contribution is -2.35. The van der Waals surface area contributed by atoms with Gasteiger partial charge < -0.3 is 10.1 Å². The second-order valence-electron chi connectivity index (χ2n) is 5.41. The number of carbonyl (C=O) groups is 1. The van der Waals surface area contributed by atoms with Crippen molar-refractivity contribution in [3.8, 4) is 5.75 Å². The van der Waals surface area contributed by atoms with E-state index >= 15 is 0 Å². The molecule has 0 saturated heterocycles. The molecule has 22 heavy (non-hydrogen) atoms. The quantitative estimate of drug-likeness (QED) is 0.880.